The van der Waals surface area contributed by atoms with Crippen LogP contribution in [0, 0.1) is 0 Å². The van der Waals surface area contributed by atoms with Gasteiger partial charge in [0.25, 0.3) is 0 Å². The Morgan fingerprint density at radius 3 is 2.64 bits per heavy atom. The quantitative estimate of drug-likeness (QED) is 0.423. The minimum absolute atomic E-state index is 0.0151. The van der Waals surface area contributed by atoms with Crippen LogP contribution in [-0.2, 0) is 19.0 Å². The van der Waals surface area contributed by atoms with Crippen LogP contribution in [0.5, 0.6) is 0 Å². The van der Waals surface area contributed by atoms with E-state index in [4.69, 9.17) is 14.2 Å². The standard InChI is InChI=1S/C7H14O4/c1-6(8)4-10-5-11-7(2)9-3/h7H,4-5H2,1-3H3. The zero-order valence-electron chi connectivity index (χ0n) is 7.12. The molecule has 0 aliphatic rings. The topological polar surface area (TPSA) is 44.8 Å². The van der Waals surface area contributed by atoms with Crippen molar-refractivity contribution in [3.05, 3.63) is 0 Å². The highest BCUT2D eigenvalue weighted by molar-refractivity contribution is 5.76. The normalized spacial score (nSPS) is 13.0. The molecule has 0 saturated carbocycles. The number of methoxy groups -OCH3 is 1. The predicted octanol–water partition coefficient (Wildman–Crippen LogP) is 0.558. The van der Waals surface area contributed by atoms with E-state index < -0.39 is 0 Å². The van der Waals surface area contributed by atoms with Gasteiger partial charge in [-0.1, -0.05) is 0 Å². The molecule has 0 radical (unpaired) electrons. The molecule has 0 amide bonds. The van der Waals surface area contributed by atoms with Crippen LogP contribution in [0.15, 0.2) is 0 Å². The molecule has 0 N–H and O–H groups in total. The maximum absolute atomic E-state index is 10.3. The molecule has 0 spiro atoms. The first kappa shape index (κ1) is 10.6. The highest BCUT2D eigenvalue weighted by Crippen LogP contribution is 1.90. The molecule has 0 fully saturated rings. The molecule has 1 unspecified atom stereocenters. The molecular weight excluding hydrogens is 148 g/mol. The SMILES string of the molecule is COC(C)OCOCC(C)=O. The molecule has 0 rings (SSSR count). The Hall–Kier alpha value is -0.450. The van der Waals surface area contributed by atoms with E-state index in [2.05, 4.69) is 0 Å². The Morgan fingerprint density at radius 2 is 2.18 bits per heavy atom. The fourth-order valence-corrected chi connectivity index (χ4v) is 0.397. The fourth-order valence-electron chi connectivity index (χ4n) is 0.397. The van der Waals surface area contributed by atoms with Crippen LogP contribution >= 0.6 is 0 Å². The molecule has 0 bridgehead atoms. The van der Waals surface area contributed by atoms with Crippen molar-refractivity contribution in [2.45, 2.75) is 20.1 Å². The lowest BCUT2D eigenvalue weighted by atomic mass is 10.5. The largest absolute Gasteiger partial charge is 0.356 e. The molecule has 4 nitrogen and oxygen atoms in total. The molecule has 0 heterocycles. The van der Waals surface area contributed by atoms with Gasteiger partial charge in [0.2, 0.25) is 0 Å². The second-order valence-electron chi connectivity index (χ2n) is 2.14. The molecule has 0 aromatic heterocycles. The molecule has 0 aromatic carbocycles. The van der Waals surface area contributed by atoms with E-state index >= 15 is 0 Å². The average Bonchev–Trinajstić information content (AvgIpc) is 1.97. The molecular formula is C7H14O4. The number of ketones is 1. The van der Waals surface area contributed by atoms with Gasteiger partial charge in [-0.3, -0.25) is 4.79 Å². The predicted molar refractivity (Wildman–Crippen MR) is 39.1 cm³/mol. The lowest BCUT2D eigenvalue weighted by Gasteiger charge is -2.09. The van der Waals surface area contributed by atoms with E-state index in [1.54, 1.807) is 6.92 Å². The van der Waals surface area contributed by atoms with Crippen molar-refractivity contribution >= 4 is 5.78 Å². The van der Waals surface area contributed by atoms with Gasteiger partial charge in [-0.05, 0) is 13.8 Å². The maximum atomic E-state index is 10.3. The third kappa shape index (κ3) is 7.45. The van der Waals surface area contributed by atoms with Gasteiger partial charge in [0.15, 0.2) is 12.1 Å². The van der Waals surface area contributed by atoms with E-state index in [-0.39, 0.29) is 25.5 Å². The Morgan fingerprint density at radius 1 is 1.55 bits per heavy atom. The van der Waals surface area contributed by atoms with Gasteiger partial charge in [-0.15, -0.1) is 0 Å². The minimum Gasteiger partial charge on any atom is -0.356 e. The third-order valence-corrected chi connectivity index (χ3v) is 1.02. The van der Waals surface area contributed by atoms with Crippen molar-refractivity contribution in [1.29, 1.82) is 0 Å². The van der Waals surface area contributed by atoms with Crippen LogP contribution in [0.1, 0.15) is 13.8 Å². The van der Waals surface area contributed by atoms with Gasteiger partial charge in [-0.25, -0.2) is 0 Å². The Labute approximate surface area is 66.4 Å². The summed E-state index contributed by atoms with van der Waals surface area (Å²) in [4.78, 5) is 10.3. The minimum atomic E-state index is -0.290. The molecule has 11 heavy (non-hydrogen) atoms. The summed E-state index contributed by atoms with van der Waals surface area (Å²) in [6.45, 7) is 3.39. The Bertz CT molecular complexity index is 113. The number of carbonyl (C=O) groups excluding carboxylic acids is 1. The highest BCUT2D eigenvalue weighted by Gasteiger charge is 1.98. The first-order valence-corrected chi connectivity index (χ1v) is 3.38. The highest BCUT2D eigenvalue weighted by atomic mass is 16.7. The number of rotatable bonds is 6. The van der Waals surface area contributed by atoms with E-state index in [0.29, 0.717) is 0 Å². The van der Waals surface area contributed by atoms with Crippen molar-refractivity contribution in [2.24, 2.45) is 0 Å². The monoisotopic (exact) mass is 162 g/mol. The first-order chi connectivity index (χ1) is 5.16. The van der Waals surface area contributed by atoms with E-state index in [9.17, 15) is 4.79 Å². The van der Waals surface area contributed by atoms with Crippen LogP contribution in [0.3, 0.4) is 0 Å². The van der Waals surface area contributed by atoms with E-state index in [1.165, 1.54) is 14.0 Å². The molecule has 0 aromatic rings. The van der Waals surface area contributed by atoms with Gasteiger partial charge in [0.05, 0.1) is 0 Å². The van der Waals surface area contributed by atoms with Gasteiger partial charge in [-0.2, -0.15) is 0 Å². The number of hydrogen-bond acceptors (Lipinski definition) is 4. The average molecular weight is 162 g/mol. The summed E-state index contributed by atoms with van der Waals surface area (Å²) >= 11 is 0. The second-order valence-corrected chi connectivity index (χ2v) is 2.14. The van der Waals surface area contributed by atoms with Gasteiger partial charge < -0.3 is 14.2 Å². The molecule has 0 aliphatic heterocycles. The first-order valence-electron chi connectivity index (χ1n) is 3.38. The fraction of sp³-hybridized carbons (Fsp3) is 0.857. The zero-order chi connectivity index (χ0) is 8.69. The Balaban J connectivity index is 3.08. The lowest BCUT2D eigenvalue weighted by Crippen LogP contribution is -2.15. The van der Waals surface area contributed by atoms with Crippen molar-refractivity contribution < 1.29 is 19.0 Å². The maximum Gasteiger partial charge on any atom is 0.157 e. The van der Waals surface area contributed by atoms with Crippen molar-refractivity contribution in [1.82, 2.24) is 0 Å². The van der Waals surface area contributed by atoms with Gasteiger partial charge >= 0.3 is 0 Å². The number of Topliss-reactive ketones (excluding diaryl/α,β-unsaturated/α-hetero) is 1. The number of hydrogen-bond donors (Lipinski definition) is 0. The second kappa shape index (κ2) is 6.27. The third-order valence-electron chi connectivity index (χ3n) is 1.02. The summed E-state index contributed by atoms with van der Waals surface area (Å²) < 4.78 is 14.5. The molecule has 0 saturated heterocycles. The van der Waals surface area contributed by atoms with Crippen LogP contribution in [0.4, 0.5) is 0 Å². The van der Waals surface area contributed by atoms with Crippen molar-refractivity contribution in [3.8, 4) is 0 Å². The van der Waals surface area contributed by atoms with E-state index in [0.717, 1.165) is 0 Å². The van der Waals surface area contributed by atoms with Crippen LogP contribution in [0.2, 0.25) is 0 Å². The van der Waals surface area contributed by atoms with Crippen molar-refractivity contribution in [2.75, 3.05) is 20.5 Å². The molecule has 4 heteroatoms. The molecule has 0 aliphatic carbocycles. The summed E-state index contributed by atoms with van der Waals surface area (Å²) in [7, 11) is 1.54. The summed E-state index contributed by atoms with van der Waals surface area (Å²) in [5, 5.41) is 0. The van der Waals surface area contributed by atoms with Crippen LogP contribution in [0.25, 0.3) is 0 Å². The number of ether oxygens (including phenoxy) is 3. The summed E-state index contributed by atoms with van der Waals surface area (Å²) in [6.07, 6.45) is -0.290. The smallest absolute Gasteiger partial charge is 0.157 e. The van der Waals surface area contributed by atoms with Crippen LogP contribution < -0.4 is 0 Å². The summed E-state index contributed by atoms with van der Waals surface area (Å²) in [5.74, 6) is -0.0151. The zero-order valence-corrected chi connectivity index (χ0v) is 7.12. The molecule has 66 valence electrons. The van der Waals surface area contributed by atoms with E-state index in [1.807, 2.05) is 0 Å². The van der Waals surface area contributed by atoms with Gasteiger partial charge in [0.1, 0.15) is 13.4 Å². The van der Waals surface area contributed by atoms with Gasteiger partial charge in [0, 0.05) is 7.11 Å². The molecule has 1 atom stereocenters. The lowest BCUT2D eigenvalue weighted by molar-refractivity contribution is -0.176. The van der Waals surface area contributed by atoms with Crippen LogP contribution in [-0.4, -0.2) is 32.6 Å². The summed E-state index contributed by atoms with van der Waals surface area (Å²) in [6, 6.07) is 0. The summed E-state index contributed by atoms with van der Waals surface area (Å²) in [5.41, 5.74) is 0. The Kier molecular flexibility index (Phi) is 6.02. The van der Waals surface area contributed by atoms with Crippen molar-refractivity contribution in [3.63, 3.8) is 0 Å². The number of carbonyl (C=O) groups is 1.